The Morgan fingerprint density at radius 1 is 1.12 bits per heavy atom. The molecule has 43 heavy (non-hydrogen) atoms. The molecule has 4 N–H and O–H groups in total. The van der Waals surface area contributed by atoms with E-state index in [2.05, 4.69) is 20.1 Å². The van der Waals surface area contributed by atoms with E-state index in [1.165, 1.54) is 0 Å². The van der Waals surface area contributed by atoms with Crippen molar-refractivity contribution in [3.8, 4) is 0 Å². The molecule has 3 aliphatic rings. The Bertz CT molecular complexity index is 1290. The molecule has 2 saturated carbocycles. The summed E-state index contributed by atoms with van der Waals surface area (Å²) in [4.78, 5) is 51.5. The van der Waals surface area contributed by atoms with Crippen LogP contribution in [0.25, 0.3) is 0 Å². The van der Waals surface area contributed by atoms with Crippen LogP contribution in [0.1, 0.15) is 70.8 Å². The number of carbonyl (C=O) groups excluding carboxylic acids is 4. The summed E-state index contributed by atoms with van der Waals surface area (Å²) in [5.74, 6) is -1.96. The van der Waals surface area contributed by atoms with Crippen LogP contribution in [0.3, 0.4) is 0 Å². The Kier molecular flexibility index (Phi) is 11.6. The Balaban J connectivity index is 1.36. The first-order valence-electron chi connectivity index (χ1n) is 14.9. The minimum Gasteiger partial charge on any atom is -0.445 e. The average Bonchev–Trinajstić information content (AvgIpc) is 3.61. The molecule has 3 fully saturated rings. The molecule has 0 spiro atoms. The number of nitrogens with one attached hydrogen (secondary N) is 4. The number of amides is 4. The third kappa shape index (κ3) is 10.0. The molecule has 1 heterocycles. The lowest BCUT2D eigenvalue weighted by Crippen LogP contribution is -2.52. The summed E-state index contributed by atoms with van der Waals surface area (Å²) in [6.07, 6.45) is 4.19. The number of hydrogen-bond donors (Lipinski definition) is 4. The van der Waals surface area contributed by atoms with Crippen LogP contribution in [0.4, 0.5) is 4.79 Å². The van der Waals surface area contributed by atoms with Crippen molar-refractivity contribution in [2.24, 2.45) is 17.8 Å². The Morgan fingerprint density at radius 3 is 2.53 bits per heavy atom. The van der Waals surface area contributed by atoms with Gasteiger partial charge in [0.15, 0.2) is 0 Å². The van der Waals surface area contributed by atoms with Gasteiger partial charge in [0.05, 0.1) is 5.25 Å². The molecule has 2 unspecified atom stereocenters. The van der Waals surface area contributed by atoms with Crippen LogP contribution in [-0.2, 0) is 35.6 Å². The van der Waals surface area contributed by atoms with Gasteiger partial charge in [-0.25, -0.2) is 13.2 Å². The first-order valence-corrected chi connectivity index (χ1v) is 17.7. The molecule has 2 aliphatic carbocycles. The van der Waals surface area contributed by atoms with Gasteiger partial charge in [0.1, 0.15) is 17.4 Å². The molecule has 4 rings (SSSR count). The second-order valence-electron chi connectivity index (χ2n) is 12.1. The van der Waals surface area contributed by atoms with Crippen LogP contribution in [0.2, 0.25) is 5.02 Å². The summed E-state index contributed by atoms with van der Waals surface area (Å²) in [5.41, 5.74) is 1.08. The number of benzene rings is 1. The normalized spacial score (nSPS) is 23.3. The molecule has 0 aromatic heterocycles. The second kappa shape index (κ2) is 15.0. The molecule has 0 bridgehead atoms. The lowest BCUT2D eigenvalue weighted by atomic mass is 9.96. The van der Waals surface area contributed by atoms with Crippen molar-refractivity contribution in [1.82, 2.24) is 20.1 Å². The van der Waals surface area contributed by atoms with Gasteiger partial charge in [-0.05, 0) is 93.3 Å². The summed E-state index contributed by atoms with van der Waals surface area (Å²) in [5, 5.41) is 4.62. The van der Waals surface area contributed by atoms with E-state index < -0.39 is 50.4 Å². The summed E-state index contributed by atoms with van der Waals surface area (Å²) in [6.45, 7) is 4.30. The third-order valence-electron chi connectivity index (χ3n) is 8.02. The molecule has 238 valence electrons. The largest absolute Gasteiger partial charge is 0.445 e. The van der Waals surface area contributed by atoms with Crippen LogP contribution in [0, 0.1) is 17.8 Å². The van der Waals surface area contributed by atoms with E-state index in [9.17, 15) is 27.6 Å². The van der Waals surface area contributed by atoms with E-state index in [-0.39, 0.29) is 30.3 Å². The first-order chi connectivity index (χ1) is 20.4. The van der Waals surface area contributed by atoms with Gasteiger partial charge in [-0.3, -0.25) is 23.8 Å². The fourth-order valence-electron chi connectivity index (χ4n) is 5.60. The Morgan fingerprint density at radius 2 is 1.88 bits per heavy atom. The lowest BCUT2D eigenvalue weighted by molar-refractivity contribution is -0.129. The van der Waals surface area contributed by atoms with Gasteiger partial charge in [0, 0.05) is 23.4 Å². The Labute approximate surface area is 262 Å². The van der Waals surface area contributed by atoms with E-state index >= 15 is 0 Å². The van der Waals surface area contributed by atoms with Crippen LogP contribution in [-0.4, -0.2) is 61.4 Å². The fourth-order valence-corrected chi connectivity index (χ4v) is 8.10. The van der Waals surface area contributed by atoms with Crippen LogP contribution in [0.5, 0.6) is 0 Å². The molecule has 1 aromatic rings. The van der Waals surface area contributed by atoms with Gasteiger partial charge in [-0.2, -0.15) is 0 Å². The SMILES string of the molecule is CC(C)C[C@H](SNC(=O)OC1CCCC1Cc1cccc(Cl)c1)C(=O)N[C@@H](C[C@@H]1CCNC1=O)C(=O)NS(=O)(=O)C1CC1. The maximum Gasteiger partial charge on any atom is 0.417 e. The van der Waals surface area contributed by atoms with Crippen molar-refractivity contribution in [2.75, 3.05) is 6.54 Å². The van der Waals surface area contributed by atoms with Crippen LogP contribution < -0.4 is 20.1 Å². The van der Waals surface area contributed by atoms with Crippen molar-refractivity contribution in [2.45, 2.75) is 94.3 Å². The molecule has 11 nitrogen and oxygen atoms in total. The number of ether oxygens (including phenoxy) is 1. The molecular formula is C29H41ClN4O7S2. The monoisotopic (exact) mass is 656 g/mol. The van der Waals surface area contributed by atoms with Crippen molar-refractivity contribution in [3.05, 3.63) is 34.9 Å². The number of rotatable bonds is 14. The molecule has 1 saturated heterocycles. The molecule has 4 amide bonds. The number of carbonyl (C=O) groups is 4. The molecule has 0 radical (unpaired) electrons. The van der Waals surface area contributed by atoms with E-state index in [0.717, 1.165) is 43.2 Å². The van der Waals surface area contributed by atoms with E-state index in [1.54, 1.807) is 0 Å². The molecule has 1 aromatic carbocycles. The summed E-state index contributed by atoms with van der Waals surface area (Å²) < 4.78 is 35.4. The number of hydrogen-bond acceptors (Lipinski definition) is 8. The molecule has 5 atom stereocenters. The highest BCUT2D eigenvalue weighted by Gasteiger charge is 2.40. The van der Waals surface area contributed by atoms with Gasteiger partial charge >= 0.3 is 6.09 Å². The first kappa shape index (κ1) is 33.4. The molecule has 14 heteroatoms. The number of halogens is 1. The van der Waals surface area contributed by atoms with Gasteiger partial charge < -0.3 is 15.4 Å². The lowest BCUT2D eigenvalue weighted by Gasteiger charge is -2.25. The van der Waals surface area contributed by atoms with Crippen LogP contribution >= 0.6 is 23.5 Å². The Hall–Kier alpha value is -2.51. The highest BCUT2D eigenvalue weighted by Crippen LogP contribution is 2.32. The standard InChI is InChI=1S/C29H41ClN4O7S2/c1-17(2)13-25(42-33-29(38)41-24-8-4-6-19(24)14-18-5-3-7-21(30)15-18)28(37)32-23(16-20-11-12-31-26(20)35)27(36)34-43(39,40)22-9-10-22/h3,5,7,15,17,19-20,22-25H,4,6,8-14,16H2,1-2H3,(H,31,35)(H,32,37)(H,33,38)(H,34,36)/t19?,20-,23-,24?,25-/m0/s1. The van der Waals surface area contributed by atoms with Gasteiger partial charge in [-0.15, -0.1) is 0 Å². The predicted octanol–water partition coefficient (Wildman–Crippen LogP) is 3.46. The van der Waals surface area contributed by atoms with E-state index in [4.69, 9.17) is 16.3 Å². The van der Waals surface area contributed by atoms with Crippen LogP contribution in [0.15, 0.2) is 24.3 Å². The maximum absolute atomic E-state index is 13.4. The average molecular weight is 657 g/mol. The van der Waals surface area contributed by atoms with E-state index in [0.29, 0.717) is 37.3 Å². The van der Waals surface area contributed by atoms with Crippen molar-refractivity contribution >= 4 is 57.4 Å². The van der Waals surface area contributed by atoms with Crippen molar-refractivity contribution in [1.29, 1.82) is 0 Å². The minimum absolute atomic E-state index is 0.0339. The summed E-state index contributed by atoms with van der Waals surface area (Å²) >= 11 is 7.02. The van der Waals surface area contributed by atoms with Gasteiger partial charge in [0.25, 0.3) is 5.91 Å². The van der Waals surface area contributed by atoms with Crippen molar-refractivity contribution < 1.29 is 32.3 Å². The minimum atomic E-state index is -3.85. The third-order valence-corrected chi connectivity index (χ3v) is 11.1. The maximum atomic E-state index is 13.4. The highest BCUT2D eigenvalue weighted by molar-refractivity contribution is 7.99. The summed E-state index contributed by atoms with van der Waals surface area (Å²) in [7, 11) is -3.85. The van der Waals surface area contributed by atoms with Gasteiger partial charge in [-0.1, -0.05) is 37.6 Å². The molecular weight excluding hydrogens is 616 g/mol. The summed E-state index contributed by atoms with van der Waals surface area (Å²) in [6, 6.07) is 6.39. The van der Waals surface area contributed by atoms with E-state index in [1.807, 2.05) is 38.1 Å². The second-order valence-corrected chi connectivity index (χ2v) is 15.5. The zero-order chi connectivity index (χ0) is 31.1. The molecule has 1 aliphatic heterocycles. The topological polar surface area (TPSA) is 160 Å². The van der Waals surface area contributed by atoms with Crippen molar-refractivity contribution in [3.63, 3.8) is 0 Å². The smallest absolute Gasteiger partial charge is 0.417 e. The zero-order valence-electron chi connectivity index (χ0n) is 24.5. The quantitative estimate of drug-likeness (QED) is 0.222. The predicted molar refractivity (Wildman–Crippen MR) is 164 cm³/mol. The van der Waals surface area contributed by atoms with Gasteiger partial charge in [0.2, 0.25) is 21.8 Å². The fraction of sp³-hybridized carbons (Fsp3) is 0.655. The number of sulfonamides is 1. The highest BCUT2D eigenvalue weighted by atomic mass is 35.5. The zero-order valence-corrected chi connectivity index (χ0v) is 26.9.